The first-order valence-electron chi connectivity index (χ1n) is 6.95. The van der Waals surface area contributed by atoms with E-state index in [9.17, 15) is 9.18 Å². The monoisotopic (exact) mass is 321 g/mol. The van der Waals surface area contributed by atoms with Gasteiger partial charge in [0.15, 0.2) is 0 Å². The maximum atomic E-state index is 12.8. The van der Waals surface area contributed by atoms with E-state index in [4.69, 9.17) is 0 Å². The third kappa shape index (κ3) is 3.61. The molecule has 0 saturated heterocycles. The zero-order valence-electron chi connectivity index (χ0n) is 11.9. The van der Waals surface area contributed by atoms with Crippen molar-refractivity contribution in [1.29, 1.82) is 0 Å². The second-order valence-corrected chi connectivity index (χ2v) is 5.03. The molecule has 2 N–H and O–H groups in total. The Balaban J connectivity index is 0.00000176. The topological polar surface area (TPSA) is 54.0 Å². The van der Waals surface area contributed by atoms with Gasteiger partial charge in [-0.3, -0.25) is 4.79 Å². The molecular formula is C16H17ClFN3O. The Kier molecular flexibility index (Phi) is 5.46. The zero-order valence-corrected chi connectivity index (χ0v) is 12.7. The quantitative estimate of drug-likeness (QED) is 0.911. The number of aromatic nitrogens is 1. The number of carbonyl (C=O) groups excluding carboxylic acids is 1. The Morgan fingerprint density at radius 1 is 1.32 bits per heavy atom. The Bertz CT molecular complexity index is 648. The summed E-state index contributed by atoms with van der Waals surface area (Å²) < 4.78 is 12.8. The first kappa shape index (κ1) is 16.4. The molecule has 1 aliphatic rings. The van der Waals surface area contributed by atoms with Gasteiger partial charge in [0.2, 0.25) is 0 Å². The Hall–Kier alpha value is -1.98. The molecule has 1 amide bonds. The van der Waals surface area contributed by atoms with Crippen molar-refractivity contribution >= 4 is 18.3 Å². The summed E-state index contributed by atoms with van der Waals surface area (Å²) in [7, 11) is 0. The molecule has 4 nitrogen and oxygen atoms in total. The summed E-state index contributed by atoms with van der Waals surface area (Å²) in [5.41, 5.74) is 2.76. The SMILES string of the molecule is Cl.O=C(NCC1NCCc2ccccc21)c1ccc(F)cn1. The van der Waals surface area contributed by atoms with Crippen molar-refractivity contribution in [2.24, 2.45) is 0 Å². The number of hydrogen-bond acceptors (Lipinski definition) is 3. The van der Waals surface area contributed by atoms with Gasteiger partial charge in [0.05, 0.1) is 6.20 Å². The predicted molar refractivity (Wildman–Crippen MR) is 84.7 cm³/mol. The molecule has 1 aromatic heterocycles. The van der Waals surface area contributed by atoms with Crippen LogP contribution in [0.4, 0.5) is 4.39 Å². The fraction of sp³-hybridized carbons (Fsp3) is 0.250. The average molecular weight is 322 g/mol. The molecule has 6 heteroatoms. The van der Waals surface area contributed by atoms with Gasteiger partial charge in [-0.2, -0.15) is 0 Å². The molecule has 2 aromatic rings. The normalized spacial score (nSPS) is 16.3. The number of halogens is 2. The number of benzene rings is 1. The van der Waals surface area contributed by atoms with Crippen LogP contribution in [-0.4, -0.2) is 24.0 Å². The number of amides is 1. The summed E-state index contributed by atoms with van der Waals surface area (Å²) in [4.78, 5) is 15.8. The van der Waals surface area contributed by atoms with Crippen molar-refractivity contribution in [2.45, 2.75) is 12.5 Å². The molecule has 0 spiro atoms. The minimum absolute atomic E-state index is 0. The minimum Gasteiger partial charge on any atom is -0.349 e. The van der Waals surface area contributed by atoms with Gasteiger partial charge in [0, 0.05) is 12.6 Å². The highest BCUT2D eigenvalue weighted by Crippen LogP contribution is 2.21. The summed E-state index contributed by atoms with van der Waals surface area (Å²) >= 11 is 0. The van der Waals surface area contributed by atoms with Gasteiger partial charge < -0.3 is 10.6 Å². The number of nitrogens with one attached hydrogen (secondary N) is 2. The number of nitrogens with zero attached hydrogens (tertiary/aromatic N) is 1. The summed E-state index contributed by atoms with van der Waals surface area (Å²) in [5.74, 6) is -0.741. The van der Waals surface area contributed by atoms with Crippen molar-refractivity contribution in [1.82, 2.24) is 15.6 Å². The van der Waals surface area contributed by atoms with Crippen LogP contribution in [0.3, 0.4) is 0 Å². The summed E-state index contributed by atoms with van der Waals surface area (Å²) in [6, 6.07) is 10.9. The number of fused-ring (bicyclic) bond motifs is 1. The second kappa shape index (κ2) is 7.33. The van der Waals surface area contributed by atoms with Crippen LogP contribution in [0.1, 0.15) is 27.7 Å². The van der Waals surface area contributed by atoms with E-state index in [0.29, 0.717) is 6.54 Å². The van der Waals surface area contributed by atoms with Crippen molar-refractivity contribution in [3.05, 3.63) is 65.2 Å². The number of pyridine rings is 1. The highest BCUT2D eigenvalue weighted by Gasteiger charge is 2.19. The van der Waals surface area contributed by atoms with Gasteiger partial charge in [-0.15, -0.1) is 12.4 Å². The van der Waals surface area contributed by atoms with Crippen LogP contribution in [0, 0.1) is 5.82 Å². The van der Waals surface area contributed by atoms with Crippen LogP contribution in [0.5, 0.6) is 0 Å². The molecular weight excluding hydrogens is 305 g/mol. The van der Waals surface area contributed by atoms with E-state index in [1.807, 2.05) is 12.1 Å². The van der Waals surface area contributed by atoms with Crippen LogP contribution >= 0.6 is 12.4 Å². The lowest BCUT2D eigenvalue weighted by Gasteiger charge is -2.27. The van der Waals surface area contributed by atoms with Gasteiger partial charge in [-0.05, 0) is 36.2 Å². The van der Waals surface area contributed by atoms with E-state index in [1.54, 1.807) is 0 Å². The maximum Gasteiger partial charge on any atom is 0.269 e. The fourth-order valence-corrected chi connectivity index (χ4v) is 2.57. The minimum atomic E-state index is -0.450. The lowest BCUT2D eigenvalue weighted by molar-refractivity contribution is 0.0944. The molecule has 1 aliphatic heterocycles. The second-order valence-electron chi connectivity index (χ2n) is 5.03. The van der Waals surface area contributed by atoms with Crippen molar-refractivity contribution < 1.29 is 9.18 Å². The van der Waals surface area contributed by atoms with E-state index in [1.165, 1.54) is 23.3 Å². The van der Waals surface area contributed by atoms with Gasteiger partial charge in [-0.25, -0.2) is 9.37 Å². The van der Waals surface area contributed by atoms with Crippen LogP contribution in [0.25, 0.3) is 0 Å². The molecule has 3 rings (SSSR count). The molecule has 0 aliphatic carbocycles. The Morgan fingerprint density at radius 3 is 2.91 bits per heavy atom. The maximum absolute atomic E-state index is 12.8. The standard InChI is InChI=1S/C16H16FN3O.ClH/c17-12-5-6-14(19-9-12)16(21)20-10-15-13-4-2-1-3-11(13)7-8-18-15;/h1-6,9,15,18H,7-8,10H2,(H,20,21);1H. The van der Waals surface area contributed by atoms with Crippen LogP contribution in [0.15, 0.2) is 42.6 Å². The van der Waals surface area contributed by atoms with Gasteiger partial charge in [0.1, 0.15) is 11.5 Å². The highest BCUT2D eigenvalue weighted by atomic mass is 35.5. The third-order valence-corrected chi connectivity index (χ3v) is 3.64. The fourth-order valence-electron chi connectivity index (χ4n) is 2.57. The molecule has 0 saturated carbocycles. The molecule has 0 fully saturated rings. The lowest BCUT2D eigenvalue weighted by Crippen LogP contribution is -2.39. The van der Waals surface area contributed by atoms with Crippen LogP contribution in [0.2, 0.25) is 0 Å². The van der Waals surface area contributed by atoms with Gasteiger partial charge in [0.25, 0.3) is 5.91 Å². The molecule has 116 valence electrons. The number of hydrogen-bond donors (Lipinski definition) is 2. The first-order valence-corrected chi connectivity index (χ1v) is 6.95. The molecule has 22 heavy (non-hydrogen) atoms. The summed E-state index contributed by atoms with van der Waals surface area (Å²) in [6.07, 6.45) is 2.04. The van der Waals surface area contributed by atoms with E-state index >= 15 is 0 Å². The van der Waals surface area contributed by atoms with E-state index in [2.05, 4.69) is 27.8 Å². The third-order valence-electron chi connectivity index (χ3n) is 3.64. The number of carbonyl (C=O) groups is 1. The van der Waals surface area contributed by atoms with Crippen molar-refractivity contribution in [2.75, 3.05) is 13.1 Å². The summed E-state index contributed by atoms with van der Waals surface area (Å²) in [6.45, 7) is 1.38. The van der Waals surface area contributed by atoms with Crippen molar-refractivity contribution in [3.8, 4) is 0 Å². The van der Waals surface area contributed by atoms with E-state index in [-0.39, 0.29) is 30.0 Å². The van der Waals surface area contributed by atoms with Crippen LogP contribution < -0.4 is 10.6 Å². The molecule has 2 heterocycles. The van der Waals surface area contributed by atoms with E-state index < -0.39 is 5.82 Å². The highest BCUT2D eigenvalue weighted by molar-refractivity contribution is 5.92. The molecule has 0 bridgehead atoms. The largest absolute Gasteiger partial charge is 0.349 e. The molecule has 1 unspecified atom stereocenters. The lowest BCUT2D eigenvalue weighted by atomic mass is 9.94. The average Bonchev–Trinajstić information content (AvgIpc) is 2.53. The Morgan fingerprint density at radius 2 is 2.14 bits per heavy atom. The molecule has 1 atom stereocenters. The predicted octanol–water partition coefficient (Wildman–Crippen LogP) is 2.26. The van der Waals surface area contributed by atoms with E-state index in [0.717, 1.165) is 19.2 Å². The van der Waals surface area contributed by atoms with Crippen molar-refractivity contribution in [3.63, 3.8) is 0 Å². The molecule has 0 radical (unpaired) electrons. The van der Waals surface area contributed by atoms with Gasteiger partial charge in [-0.1, -0.05) is 24.3 Å². The van der Waals surface area contributed by atoms with Crippen LogP contribution in [-0.2, 0) is 6.42 Å². The number of rotatable bonds is 3. The zero-order chi connectivity index (χ0) is 14.7. The summed E-state index contributed by atoms with van der Waals surface area (Å²) in [5, 5.41) is 6.24. The Labute approximate surface area is 134 Å². The molecule has 1 aromatic carbocycles. The smallest absolute Gasteiger partial charge is 0.269 e. The first-order chi connectivity index (χ1) is 10.2. The van der Waals surface area contributed by atoms with Gasteiger partial charge >= 0.3 is 0 Å².